The fraction of sp³-hybridized carbons (Fsp3) is 0.208. The van der Waals surface area contributed by atoms with E-state index in [9.17, 15) is 9.18 Å². The quantitative estimate of drug-likeness (QED) is 0.538. The van der Waals surface area contributed by atoms with Crippen molar-refractivity contribution in [3.63, 3.8) is 0 Å². The fourth-order valence-electron chi connectivity index (χ4n) is 2.96. The van der Waals surface area contributed by atoms with Crippen molar-refractivity contribution in [1.82, 2.24) is 0 Å². The lowest BCUT2D eigenvalue weighted by Crippen LogP contribution is -2.13. The molecule has 0 heterocycles. The minimum Gasteiger partial charge on any atom is -0.460 e. The lowest BCUT2D eigenvalue weighted by Gasteiger charge is -2.15. The number of benzene rings is 3. The van der Waals surface area contributed by atoms with E-state index < -0.39 is 5.92 Å². The zero-order valence-electron chi connectivity index (χ0n) is 16.4. The van der Waals surface area contributed by atoms with Crippen LogP contribution < -0.4 is 4.90 Å². The highest BCUT2D eigenvalue weighted by atomic mass is 19.1. The molecule has 0 bridgehead atoms. The van der Waals surface area contributed by atoms with Crippen LogP contribution in [0.3, 0.4) is 0 Å². The van der Waals surface area contributed by atoms with Gasteiger partial charge in [0.1, 0.15) is 12.4 Å². The number of nitrogens with zero attached hydrogens (tertiary/aromatic N) is 1. The summed E-state index contributed by atoms with van der Waals surface area (Å²) in [6.45, 7) is 1.93. The summed E-state index contributed by atoms with van der Waals surface area (Å²) in [7, 11) is 3.94. The van der Waals surface area contributed by atoms with Gasteiger partial charge in [-0.2, -0.15) is 0 Å². The standard InChI is InChI=1S/C24H24FNO2/c1-17(24(27)28-16-18-9-12-21(13-10-18)26(2)3)20-11-14-22(23(25)15-20)19-7-5-4-6-8-19/h4-15,17H,16H2,1-3H3. The van der Waals surface area contributed by atoms with Gasteiger partial charge in [-0.25, -0.2) is 4.39 Å². The van der Waals surface area contributed by atoms with E-state index in [-0.39, 0.29) is 18.4 Å². The van der Waals surface area contributed by atoms with Crippen molar-refractivity contribution in [2.45, 2.75) is 19.4 Å². The van der Waals surface area contributed by atoms with Gasteiger partial charge in [0.05, 0.1) is 5.92 Å². The average Bonchev–Trinajstić information content (AvgIpc) is 2.72. The minimum atomic E-state index is -0.541. The zero-order chi connectivity index (χ0) is 20.1. The molecule has 0 radical (unpaired) electrons. The summed E-state index contributed by atoms with van der Waals surface area (Å²) in [5, 5.41) is 0. The Morgan fingerprint density at radius 2 is 1.68 bits per heavy atom. The fourth-order valence-corrected chi connectivity index (χ4v) is 2.96. The third kappa shape index (κ3) is 4.58. The molecule has 4 heteroatoms. The maximum Gasteiger partial charge on any atom is 0.313 e. The van der Waals surface area contributed by atoms with E-state index in [1.807, 2.05) is 73.6 Å². The molecule has 0 N–H and O–H groups in total. The predicted molar refractivity (Wildman–Crippen MR) is 111 cm³/mol. The highest BCUT2D eigenvalue weighted by Gasteiger charge is 2.19. The van der Waals surface area contributed by atoms with Crippen LogP contribution in [0.2, 0.25) is 0 Å². The number of halogens is 1. The molecule has 0 amide bonds. The van der Waals surface area contributed by atoms with Crippen LogP contribution in [0.25, 0.3) is 11.1 Å². The van der Waals surface area contributed by atoms with Crippen LogP contribution in [-0.2, 0) is 16.1 Å². The van der Waals surface area contributed by atoms with Gasteiger partial charge in [-0.1, -0.05) is 54.6 Å². The molecule has 0 aromatic heterocycles. The molecular formula is C24H24FNO2. The third-order valence-corrected chi connectivity index (χ3v) is 4.77. The lowest BCUT2D eigenvalue weighted by molar-refractivity contribution is -0.146. The van der Waals surface area contributed by atoms with E-state index in [1.165, 1.54) is 6.07 Å². The van der Waals surface area contributed by atoms with Crippen molar-refractivity contribution in [3.8, 4) is 11.1 Å². The molecule has 0 aliphatic carbocycles. The molecule has 0 aliphatic rings. The van der Waals surface area contributed by atoms with E-state index in [2.05, 4.69) is 0 Å². The van der Waals surface area contributed by atoms with Crippen LogP contribution in [0, 0.1) is 5.82 Å². The topological polar surface area (TPSA) is 29.5 Å². The SMILES string of the molecule is CC(C(=O)OCc1ccc(N(C)C)cc1)c1ccc(-c2ccccc2)c(F)c1. The maximum atomic E-state index is 14.6. The van der Waals surface area contributed by atoms with E-state index in [0.717, 1.165) is 16.8 Å². The smallest absolute Gasteiger partial charge is 0.313 e. The molecule has 3 aromatic rings. The Morgan fingerprint density at radius 3 is 2.29 bits per heavy atom. The Labute approximate surface area is 165 Å². The number of carbonyl (C=O) groups is 1. The van der Waals surface area contributed by atoms with Gasteiger partial charge in [-0.15, -0.1) is 0 Å². The van der Waals surface area contributed by atoms with Crippen LogP contribution in [0.15, 0.2) is 72.8 Å². The van der Waals surface area contributed by atoms with Crippen molar-refractivity contribution in [3.05, 3.63) is 89.7 Å². The molecule has 3 rings (SSSR count). The number of carbonyl (C=O) groups excluding carboxylic acids is 1. The number of anilines is 1. The van der Waals surface area contributed by atoms with E-state index >= 15 is 0 Å². The number of rotatable bonds is 6. The van der Waals surface area contributed by atoms with Gasteiger partial charge in [0, 0.05) is 25.3 Å². The number of ether oxygens (including phenoxy) is 1. The summed E-state index contributed by atoms with van der Waals surface area (Å²) in [5.74, 6) is -1.26. The molecule has 3 aromatic carbocycles. The largest absolute Gasteiger partial charge is 0.460 e. The minimum absolute atomic E-state index is 0.196. The van der Waals surface area contributed by atoms with Gasteiger partial charge < -0.3 is 9.64 Å². The van der Waals surface area contributed by atoms with E-state index in [4.69, 9.17) is 4.74 Å². The number of hydrogen-bond acceptors (Lipinski definition) is 3. The third-order valence-electron chi connectivity index (χ3n) is 4.77. The van der Waals surface area contributed by atoms with E-state index in [0.29, 0.717) is 11.1 Å². The molecule has 0 saturated heterocycles. The van der Waals surface area contributed by atoms with Gasteiger partial charge in [0.25, 0.3) is 0 Å². The average molecular weight is 377 g/mol. The van der Waals surface area contributed by atoms with Gasteiger partial charge in [-0.3, -0.25) is 4.79 Å². The first-order valence-electron chi connectivity index (χ1n) is 9.23. The maximum absolute atomic E-state index is 14.6. The summed E-state index contributed by atoms with van der Waals surface area (Å²) in [6, 6.07) is 22.1. The van der Waals surface area contributed by atoms with Gasteiger partial charge in [0.2, 0.25) is 0 Å². The molecule has 1 unspecified atom stereocenters. The van der Waals surface area contributed by atoms with Crippen LogP contribution in [-0.4, -0.2) is 20.1 Å². The second kappa shape index (κ2) is 8.70. The normalized spacial score (nSPS) is 11.7. The predicted octanol–water partition coefficient (Wildman–Crippen LogP) is 5.41. The number of hydrogen-bond donors (Lipinski definition) is 0. The first-order valence-corrected chi connectivity index (χ1v) is 9.23. The van der Waals surface area contributed by atoms with Crippen LogP contribution >= 0.6 is 0 Å². The summed E-state index contributed by atoms with van der Waals surface area (Å²) >= 11 is 0. The first-order chi connectivity index (χ1) is 13.5. The Hall–Kier alpha value is -3.14. The Morgan fingerprint density at radius 1 is 1.00 bits per heavy atom. The Kier molecular flexibility index (Phi) is 6.09. The number of esters is 1. The summed E-state index contributed by atoms with van der Waals surface area (Å²) in [4.78, 5) is 14.4. The van der Waals surface area contributed by atoms with Gasteiger partial charge in [-0.05, 0) is 41.8 Å². The second-order valence-corrected chi connectivity index (χ2v) is 7.00. The van der Waals surface area contributed by atoms with Crippen LogP contribution in [0.4, 0.5) is 10.1 Å². The van der Waals surface area contributed by atoms with Gasteiger partial charge in [0.15, 0.2) is 0 Å². The first kappa shape index (κ1) is 19.6. The molecule has 0 fully saturated rings. The molecular weight excluding hydrogens is 353 g/mol. The summed E-state index contributed by atoms with van der Waals surface area (Å²) in [6.07, 6.45) is 0. The highest BCUT2D eigenvalue weighted by Crippen LogP contribution is 2.27. The Balaban J connectivity index is 1.65. The second-order valence-electron chi connectivity index (χ2n) is 7.00. The molecule has 0 aliphatic heterocycles. The van der Waals surface area contributed by atoms with Crippen molar-refractivity contribution < 1.29 is 13.9 Å². The van der Waals surface area contributed by atoms with Crippen LogP contribution in [0.1, 0.15) is 24.0 Å². The van der Waals surface area contributed by atoms with Crippen molar-refractivity contribution in [1.29, 1.82) is 0 Å². The van der Waals surface area contributed by atoms with Crippen molar-refractivity contribution in [2.24, 2.45) is 0 Å². The summed E-state index contributed by atoms with van der Waals surface area (Å²) in [5.41, 5.74) is 3.92. The van der Waals surface area contributed by atoms with E-state index in [1.54, 1.807) is 19.1 Å². The zero-order valence-corrected chi connectivity index (χ0v) is 16.4. The Bertz CT molecular complexity index is 937. The van der Waals surface area contributed by atoms with Gasteiger partial charge >= 0.3 is 5.97 Å². The van der Waals surface area contributed by atoms with Crippen LogP contribution in [0.5, 0.6) is 0 Å². The van der Waals surface area contributed by atoms with Crippen molar-refractivity contribution >= 4 is 11.7 Å². The molecule has 3 nitrogen and oxygen atoms in total. The molecule has 0 saturated carbocycles. The molecule has 0 spiro atoms. The van der Waals surface area contributed by atoms with Crippen molar-refractivity contribution in [2.75, 3.05) is 19.0 Å². The highest BCUT2D eigenvalue weighted by molar-refractivity contribution is 5.78. The summed E-state index contributed by atoms with van der Waals surface area (Å²) < 4.78 is 20.0. The molecule has 144 valence electrons. The molecule has 1 atom stereocenters. The molecule has 28 heavy (non-hydrogen) atoms. The monoisotopic (exact) mass is 377 g/mol. The lowest BCUT2D eigenvalue weighted by atomic mass is 9.97.